The fraction of sp³-hybridized carbons (Fsp3) is 0.273. The number of aliphatic hydroxyl groups is 1. The average Bonchev–Trinajstić information content (AvgIpc) is 3.51. The molecule has 0 aliphatic heterocycles. The van der Waals surface area contributed by atoms with Gasteiger partial charge in [-0.15, -0.1) is 15.3 Å². The van der Waals surface area contributed by atoms with E-state index in [-0.39, 0.29) is 27.8 Å². The van der Waals surface area contributed by atoms with E-state index in [2.05, 4.69) is 31.0 Å². The van der Waals surface area contributed by atoms with Gasteiger partial charge in [0.25, 0.3) is 0 Å². The van der Waals surface area contributed by atoms with Crippen LogP contribution in [0.25, 0.3) is 11.4 Å². The monoisotopic (exact) mass is 590 g/mol. The maximum Gasteiger partial charge on any atom is 0.416 e. The first-order valence-corrected chi connectivity index (χ1v) is 11.5. The molecule has 4 aromatic rings. The Kier molecular flexibility index (Phi) is 7.97. The Morgan fingerprint density at radius 2 is 1.80 bits per heavy atom. The Hall–Kier alpha value is -4.25. The van der Waals surface area contributed by atoms with E-state index in [0.717, 1.165) is 18.2 Å². The lowest BCUT2D eigenvalue weighted by Gasteiger charge is -2.17. The Bertz CT molecular complexity index is 1530. The van der Waals surface area contributed by atoms with Crippen LogP contribution in [-0.4, -0.2) is 58.3 Å². The molecule has 11 nitrogen and oxygen atoms in total. The average molecular weight is 591 g/mol. The molecule has 2 aromatic carbocycles. The highest BCUT2D eigenvalue weighted by Gasteiger charge is 2.39. The van der Waals surface area contributed by atoms with Gasteiger partial charge in [-0.3, -0.25) is 9.36 Å². The molecule has 2 atom stereocenters. The van der Waals surface area contributed by atoms with Gasteiger partial charge in [0.2, 0.25) is 11.7 Å². The highest BCUT2D eigenvalue weighted by atomic mass is 35.5. The zero-order valence-corrected chi connectivity index (χ0v) is 20.5. The molecule has 0 saturated heterocycles. The summed E-state index contributed by atoms with van der Waals surface area (Å²) in [4.78, 5) is 25.9. The molecule has 0 bridgehead atoms. The summed E-state index contributed by atoms with van der Waals surface area (Å²) >= 11 is 5.85. The predicted octanol–water partition coefficient (Wildman–Crippen LogP) is 2.73. The number of carbonyl (C=O) groups excluding carboxylic acids is 1. The number of amides is 1. The number of rotatable bonds is 8. The molecule has 212 valence electrons. The zero-order chi connectivity index (χ0) is 29.2. The van der Waals surface area contributed by atoms with Crippen LogP contribution in [0.15, 0.2) is 53.3 Å². The van der Waals surface area contributed by atoms with Crippen LogP contribution in [0.3, 0.4) is 0 Å². The lowest BCUT2D eigenvalue weighted by Crippen LogP contribution is -2.39. The third-order valence-corrected chi connectivity index (χ3v) is 5.78. The van der Waals surface area contributed by atoms with Gasteiger partial charge < -0.3 is 10.4 Å². The van der Waals surface area contributed by atoms with Gasteiger partial charge in [-0.05, 0) is 42.0 Å². The number of alkyl halides is 6. The van der Waals surface area contributed by atoms with Crippen molar-refractivity contribution in [3.8, 4) is 11.4 Å². The minimum atomic E-state index is -5.06. The van der Waals surface area contributed by atoms with E-state index in [1.54, 1.807) is 0 Å². The van der Waals surface area contributed by atoms with Gasteiger partial charge in [-0.25, -0.2) is 9.48 Å². The van der Waals surface area contributed by atoms with E-state index < -0.39 is 54.7 Å². The van der Waals surface area contributed by atoms with Crippen molar-refractivity contribution in [2.45, 2.75) is 37.6 Å². The Labute approximate surface area is 224 Å². The van der Waals surface area contributed by atoms with E-state index in [4.69, 9.17) is 11.6 Å². The summed E-state index contributed by atoms with van der Waals surface area (Å²) in [5.41, 5.74) is -2.10. The largest absolute Gasteiger partial charge is 0.416 e. The van der Waals surface area contributed by atoms with Crippen LogP contribution in [0.5, 0.6) is 0 Å². The van der Waals surface area contributed by atoms with E-state index in [1.165, 1.54) is 30.3 Å². The van der Waals surface area contributed by atoms with Crippen LogP contribution in [0.1, 0.15) is 23.0 Å². The molecule has 40 heavy (non-hydrogen) atoms. The van der Waals surface area contributed by atoms with Crippen LogP contribution in [0.4, 0.5) is 26.3 Å². The normalized spacial score (nSPS) is 13.7. The number of tetrazole rings is 1. The molecule has 18 heteroatoms. The molecular formula is C22H17ClF6N8O3. The summed E-state index contributed by atoms with van der Waals surface area (Å²) in [7, 11) is 0. The van der Waals surface area contributed by atoms with Crippen LogP contribution in [0.2, 0.25) is 5.02 Å². The lowest BCUT2D eigenvalue weighted by molar-refractivity contribution is -0.207. The van der Waals surface area contributed by atoms with E-state index >= 15 is 0 Å². The van der Waals surface area contributed by atoms with Crippen molar-refractivity contribution >= 4 is 17.5 Å². The number of aromatic nitrogens is 7. The first-order valence-electron chi connectivity index (χ1n) is 11.1. The Morgan fingerprint density at radius 1 is 1.10 bits per heavy atom. The standard InChI is InChI=1S/C22H17ClF6N8O3/c23-14-6-4-11(5-7-14)19-33-37(20(40)36(19)9-15(38)22(27,28)29)10-16(39)30-17(18-31-34-35-32-18)12-2-1-3-13(8-12)21(24,25)26/h1-8,15,17,38H,9-10H2,(H,30,39)(H,31,32,34,35). The van der Waals surface area contributed by atoms with Crippen molar-refractivity contribution in [2.24, 2.45) is 0 Å². The molecule has 0 aliphatic carbocycles. The van der Waals surface area contributed by atoms with Gasteiger partial charge in [-0.2, -0.15) is 31.6 Å². The van der Waals surface area contributed by atoms with Crippen LogP contribution < -0.4 is 11.0 Å². The maximum absolute atomic E-state index is 13.3. The van der Waals surface area contributed by atoms with Gasteiger partial charge in [0.1, 0.15) is 12.6 Å². The number of hydrogen-bond acceptors (Lipinski definition) is 7. The van der Waals surface area contributed by atoms with E-state index in [1.807, 2.05) is 0 Å². The number of nitrogens with zero attached hydrogens (tertiary/aromatic N) is 6. The lowest BCUT2D eigenvalue weighted by atomic mass is 10.0. The number of hydrogen-bond donors (Lipinski definition) is 3. The predicted molar refractivity (Wildman–Crippen MR) is 125 cm³/mol. The quantitative estimate of drug-likeness (QED) is 0.268. The fourth-order valence-corrected chi connectivity index (χ4v) is 3.75. The third kappa shape index (κ3) is 6.48. The molecule has 2 unspecified atom stereocenters. The number of aliphatic hydroxyl groups excluding tert-OH is 1. The second-order valence-electron chi connectivity index (χ2n) is 8.33. The van der Waals surface area contributed by atoms with Crippen molar-refractivity contribution in [3.05, 3.63) is 81.0 Å². The van der Waals surface area contributed by atoms with E-state index in [9.17, 15) is 41.0 Å². The van der Waals surface area contributed by atoms with Crippen molar-refractivity contribution in [2.75, 3.05) is 0 Å². The molecular weight excluding hydrogens is 574 g/mol. The van der Waals surface area contributed by atoms with Crippen molar-refractivity contribution in [1.82, 2.24) is 40.3 Å². The molecule has 2 heterocycles. The summed E-state index contributed by atoms with van der Waals surface area (Å²) in [6, 6.07) is 8.12. The second-order valence-corrected chi connectivity index (χ2v) is 8.77. The highest BCUT2D eigenvalue weighted by Crippen LogP contribution is 2.31. The molecule has 0 saturated carbocycles. The molecule has 1 amide bonds. The van der Waals surface area contributed by atoms with Gasteiger partial charge in [0.05, 0.1) is 12.1 Å². The minimum Gasteiger partial charge on any atom is -0.382 e. The van der Waals surface area contributed by atoms with Crippen LogP contribution in [0, 0.1) is 0 Å². The Morgan fingerprint density at radius 3 is 2.40 bits per heavy atom. The van der Waals surface area contributed by atoms with Crippen LogP contribution >= 0.6 is 11.6 Å². The molecule has 2 aromatic heterocycles. The van der Waals surface area contributed by atoms with Crippen molar-refractivity contribution in [3.63, 3.8) is 0 Å². The number of nitrogens with one attached hydrogen (secondary N) is 2. The summed E-state index contributed by atoms with van der Waals surface area (Å²) < 4.78 is 80.0. The Balaban J connectivity index is 1.66. The topological polar surface area (TPSA) is 144 Å². The fourth-order valence-electron chi connectivity index (χ4n) is 3.62. The van der Waals surface area contributed by atoms with Gasteiger partial charge in [-0.1, -0.05) is 28.9 Å². The van der Waals surface area contributed by atoms with Crippen molar-refractivity contribution < 1.29 is 36.2 Å². The first kappa shape index (κ1) is 28.8. The van der Waals surface area contributed by atoms with E-state index in [0.29, 0.717) is 9.25 Å². The SMILES string of the molecule is O=C(Cn1nc(-c2ccc(Cl)cc2)n(CC(O)C(F)(F)F)c1=O)NC(c1cccc(C(F)(F)F)c1)c1nn[nH]n1. The maximum atomic E-state index is 13.3. The summed E-state index contributed by atoms with van der Waals surface area (Å²) in [6.45, 7) is -2.08. The highest BCUT2D eigenvalue weighted by molar-refractivity contribution is 6.30. The smallest absolute Gasteiger partial charge is 0.382 e. The van der Waals surface area contributed by atoms with Crippen LogP contribution in [-0.2, 0) is 24.1 Å². The van der Waals surface area contributed by atoms with Gasteiger partial charge in [0, 0.05) is 10.6 Å². The first-order chi connectivity index (χ1) is 18.7. The summed E-state index contributed by atoms with van der Waals surface area (Å²) in [6.07, 6.45) is -12.7. The third-order valence-electron chi connectivity index (χ3n) is 5.52. The molecule has 0 fully saturated rings. The summed E-state index contributed by atoms with van der Waals surface area (Å²) in [5.74, 6) is -1.48. The molecule has 0 spiro atoms. The minimum absolute atomic E-state index is 0.0717. The van der Waals surface area contributed by atoms with Gasteiger partial charge >= 0.3 is 18.0 Å². The number of H-pyrrole nitrogens is 1. The number of benzene rings is 2. The molecule has 0 aliphatic rings. The molecule has 3 N–H and O–H groups in total. The molecule has 0 radical (unpaired) electrons. The van der Waals surface area contributed by atoms with Gasteiger partial charge in [0.15, 0.2) is 11.9 Å². The zero-order valence-electron chi connectivity index (χ0n) is 19.8. The summed E-state index contributed by atoms with van der Waals surface area (Å²) in [5, 5.41) is 29.1. The number of halogens is 7. The second kappa shape index (κ2) is 11.1. The molecule has 4 rings (SSSR count). The van der Waals surface area contributed by atoms with Crippen molar-refractivity contribution in [1.29, 1.82) is 0 Å². The number of carbonyl (C=O) groups is 1. The number of aromatic amines is 1.